The fourth-order valence-corrected chi connectivity index (χ4v) is 2.76. The highest BCUT2D eigenvalue weighted by Gasteiger charge is 2.22. The molecule has 2 heterocycles. The van der Waals surface area contributed by atoms with Gasteiger partial charge in [0.15, 0.2) is 0 Å². The van der Waals surface area contributed by atoms with Gasteiger partial charge in [-0.05, 0) is 41.6 Å². The molecule has 0 unspecified atom stereocenters. The van der Waals surface area contributed by atoms with Crippen LogP contribution in [0.3, 0.4) is 0 Å². The number of aromatic amines is 1. The van der Waals surface area contributed by atoms with E-state index in [0.29, 0.717) is 9.39 Å². The van der Waals surface area contributed by atoms with Crippen molar-refractivity contribution in [1.82, 2.24) is 15.0 Å². The molecule has 2 rings (SSSR count). The average Bonchev–Trinajstić information content (AvgIpc) is 2.32. The molecule has 1 N–H and O–H groups in total. The minimum absolute atomic E-state index is 0.101. The second-order valence-electron chi connectivity index (χ2n) is 5.52. The summed E-state index contributed by atoms with van der Waals surface area (Å²) in [4.78, 5) is 23.7. The molecule has 0 spiro atoms. The van der Waals surface area contributed by atoms with Crippen LogP contribution in [0.1, 0.15) is 32.2 Å². The highest BCUT2D eigenvalue weighted by atomic mass is 127. The predicted octanol–water partition coefficient (Wildman–Crippen LogP) is 3.04. The van der Waals surface area contributed by atoms with Crippen molar-refractivity contribution in [2.75, 3.05) is 0 Å². The predicted molar refractivity (Wildman–Crippen MR) is 84.2 cm³/mol. The molecule has 100 valence electrons. The van der Waals surface area contributed by atoms with E-state index in [1.165, 1.54) is 0 Å². The molecule has 19 heavy (non-hydrogen) atoms. The number of H-pyrrole nitrogens is 1. The molecule has 0 aromatic carbocycles. The first-order valence-electron chi connectivity index (χ1n) is 6.02. The Morgan fingerprint density at radius 1 is 1.26 bits per heavy atom. The van der Waals surface area contributed by atoms with Gasteiger partial charge in [-0.1, -0.05) is 20.8 Å². The summed E-state index contributed by atoms with van der Waals surface area (Å²) in [5.41, 5.74) is 2.30. The van der Waals surface area contributed by atoms with Crippen molar-refractivity contribution in [1.29, 1.82) is 0 Å². The zero-order chi connectivity index (χ0) is 14.2. The molecule has 2 aromatic heterocycles. The third-order valence-corrected chi connectivity index (χ3v) is 3.76. The first-order chi connectivity index (χ1) is 8.79. The maximum absolute atomic E-state index is 12.0. The van der Waals surface area contributed by atoms with Crippen molar-refractivity contribution in [3.8, 4) is 11.4 Å². The van der Waals surface area contributed by atoms with Gasteiger partial charge in [-0.3, -0.25) is 9.78 Å². The number of nitrogens with zero attached hydrogens (tertiary/aromatic N) is 2. The lowest BCUT2D eigenvalue weighted by Crippen LogP contribution is -2.24. The van der Waals surface area contributed by atoms with E-state index in [4.69, 9.17) is 0 Å². The third-order valence-electron chi connectivity index (χ3n) is 2.76. The molecule has 5 heteroatoms. The summed E-state index contributed by atoms with van der Waals surface area (Å²) in [6.07, 6.45) is 1.73. The maximum atomic E-state index is 12.0. The second-order valence-corrected chi connectivity index (χ2v) is 6.59. The minimum Gasteiger partial charge on any atom is -0.306 e. The summed E-state index contributed by atoms with van der Waals surface area (Å²) in [5.74, 6) is 0.572. The van der Waals surface area contributed by atoms with Gasteiger partial charge >= 0.3 is 0 Å². The molecule has 0 saturated heterocycles. The average molecular weight is 369 g/mol. The van der Waals surface area contributed by atoms with Crippen molar-refractivity contribution in [2.24, 2.45) is 0 Å². The van der Waals surface area contributed by atoms with Gasteiger partial charge in [0.2, 0.25) is 0 Å². The first kappa shape index (κ1) is 14.2. The quantitative estimate of drug-likeness (QED) is 0.787. The Kier molecular flexibility index (Phi) is 3.75. The summed E-state index contributed by atoms with van der Waals surface area (Å²) in [6, 6.07) is 3.82. The fraction of sp³-hybridized carbons (Fsp3) is 0.357. The van der Waals surface area contributed by atoms with E-state index < -0.39 is 0 Å². The lowest BCUT2D eigenvalue weighted by Gasteiger charge is -2.19. The van der Waals surface area contributed by atoms with Crippen molar-refractivity contribution >= 4 is 22.6 Å². The third kappa shape index (κ3) is 3.02. The Morgan fingerprint density at radius 3 is 2.47 bits per heavy atom. The van der Waals surface area contributed by atoms with Crippen LogP contribution in [0.25, 0.3) is 11.4 Å². The highest BCUT2D eigenvalue weighted by molar-refractivity contribution is 14.1. The van der Waals surface area contributed by atoms with E-state index in [2.05, 4.69) is 15.0 Å². The van der Waals surface area contributed by atoms with E-state index >= 15 is 0 Å². The summed E-state index contributed by atoms with van der Waals surface area (Å²) in [6.45, 7) is 8.07. The van der Waals surface area contributed by atoms with E-state index in [1.54, 1.807) is 6.20 Å². The van der Waals surface area contributed by atoms with Gasteiger partial charge in [-0.25, -0.2) is 4.98 Å². The van der Waals surface area contributed by atoms with Crippen LogP contribution >= 0.6 is 22.6 Å². The lowest BCUT2D eigenvalue weighted by atomic mass is 9.92. The van der Waals surface area contributed by atoms with E-state index in [-0.39, 0.29) is 11.0 Å². The van der Waals surface area contributed by atoms with Crippen LogP contribution < -0.4 is 5.56 Å². The largest absolute Gasteiger partial charge is 0.306 e. The Balaban J connectivity index is 2.63. The molecule has 2 aromatic rings. The topological polar surface area (TPSA) is 58.6 Å². The maximum Gasteiger partial charge on any atom is 0.264 e. The summed E-state index contributed by atoms with van der Waals surface area (Å²) in [7, 11) is 0. The van der Waals surface area contributed by atoms with E-state index in [0.717, 1.165) is 17.0 Å². The van der Waals surface area contributed by atoms with Crippen LogP contribution in [0, 0.1) is 10.5 Å². The van der Waals surface area contributed by atoms with Crippen molar-refractivity contribution in [2.45, 2.75) is 33.1 Å². The molecule has 0 bridgehead atoms. The lowest BCUT2D eigenvalue weighted by molar-refractivity contribution is 0.562. The van der Waals surface area contributed by atoms with Crippen LogP contribution in [0.15, 0.2) is 23.1 Å². The Hall–Kier alpha value is -1.24. The van der Waals surface area contributed by atoms with Crippen LogP contribution in [-0.4, -0.2) is 15.0 Å². The van der Waals surface area contributed by atoms with Crippen LogP contribution in [0.5, 0.6) is 0 Å². The van der Waals surface area contributed by atoms with Crippen LogP contribution in [0.4, 0.5) is 0 Å². The Morgan fingerprint density at radius 2 is 1.95 bits per heavy atom. The molecule has 0 atom stereocenters. The van der Waals surface area contributed by atoms with Crippen molar-refractivity contribution < 1.29 is 0 Å². The minimum atomic E-state index is -0.169. The molecule has 0 aliphatic rings. The number of nitrogens with one attached hydrogen (secondary N) is 1. The summed E-state index contributed by atoms with van der Waals surface area (Å²) >= 11 is 2.05. The number of halogens is 1. The van der Waals surface area contributed by atoms with E-state index in [9.17, 15) is 4.79 Å². The highest BCUT2D eigenvalue weighted by Crippen LogP contribution is 2.25. The zero-order valence-electron chi connectivity index (χ0n) is 11.4. The monoisotopic (exact) mass is 369 g/mol. The molecule has 0 aliphatic carbocycles. The summed E-state index contributed by atoms with van der Waals surface area (Å²) in [5, 5.41) is 0. The molecule has 4 nitrogen and oxygen atoms in total. The molecular weight excluding hydrogens is 353 g/mol. The molecule has 0 amide bonds. The van der Waals surface area contributed by atoms with E-state index in [1.807, 2.05) is 62.4 Å². The number of hydrogen-bond donors (Lipinski definition) is 1. The van der Waals surface area contributed by atoms with Gasteiger partial charge in [-0.2, -0.15) is 0 Å². The standard InChI is InChI=1S/C14H16IN3O/c1-8-5-6-9(7-16-8)12-17-11(14(2,3)4)10(15)13(19)18-12/h5-7H,1-4H3,(H,17,18,19). The molecule has 0 radical (unpaired) electrons. The number of aryl methyl sites for hydroxylation is 1. The smallest absolute Gasteiger partial charge is 0.264 e. The van der Waals surface area contributed by atoms with Crippen LogP contribution in [-0.2, 0) is 5.41 Å². The Labute approximate surface area is 125 Å². The van der Waals surface area contributed by atoms with Gasteiger partial charge in [-0.15, -0.1) is 0 Å². The van der Waals surface area contributed by atoms with Gasteiger partial charge in [0.1, 0.15) is 9.39 Å². The van der Waals surface area contributed by atoms with Crippen molar-refractivity contribution in [3.05, 3.63) is 43.6 Å². The summed E-state index contributed by atoms with van der Waals surface area (Å²) < 4.78 is 0.647. The number of rotatable bonds is 1. The number of hydrogen-bond acceptors (Lipinski definition) is 3. The fourth-order valence-electron chi connectivity index (χ4n) is 1.70. The first-order valence-corrected chi connectivity index (χ1v) is 7.10. The van der Waals surface area contributed by atoms with Gasteiger partial charge < -0.3 is 4.98 Å². The number of pyridine rings is 1. The zero-order valence-corrected chi connectivity index (χ0v) is 13.6. The van der Waals surface area contributed by atoms with Gasteiger partial charge in [0.25, 0.3) is 5.56 Å². The Bertz CT molecular complexity index is 654. The van der Waals surface area contributed by atoms with Crippen molar-refractivity contribution in [3.63, 3.8) is 0 Å². The second kappa shape index (κ2) is 5.03. The number of aromatic nitrogens is 3. The van der Waals surface area contributed by atoms with Gasteiger partial charge in [0.05, 0.1) is 5.69 Å². The molecular formula is C14H16IN3O. The SMILES string of the molecule is Cc1ccc(-c2nc(C(C)(C)C)c(I)c(=O)[nH]2)cn1. The van der Waals surface area contributed by atoms with Gasteiger partial charge in [0, 0.05) is 22.9 Å². The molecule has 0 saturated carbocycles. The van der Waals surface area contributed by atoms with Crippen LogP contribution in [0.2, 0.25) is 0 Å². The normalized spacial score (nSPS) is 11.6. The molecule has 0 fully saturated rings. The molecule has 0 aliphatic heterocycles.